The van der Waals surface area contributed by atoms with Crippen LogP contribution in [0.1, 0.15) is 16.7 Å². The van der Waals surface area contributed by atoms with Gasteiger partial charge in [0.2, 0.25) is 0 Å². The smallest absolute Gasteiger partial charge is 0.270 e. The number of nitro groups is 1. The maximum absolute atomic E-state index is 13.1. The number of halogens is 1. The van der Waals surface area contributed by atoms with Gasteiger partial charge in [0.25, 0.3) is 15.7 Å². The standard InChI is InChI=1S/C21H19ClN4O4S/c1-14-7-9-19(15(2)11-14)25-31(29,30)21-12-17(26(27)28)8-10-20(21)24-23-13-16-5-3-4-6-18(16)22/h3-13,24-25H,1-2H3. The van der Waals surface area contributed by atoms with Crippen LogP contribution < -0.4 is 10.1 Å². The third-order valence-electron chi connectivity index (χ3n) is 4.39. The first-order chi connectivity index (χ1) is 14.7. The number of hydrogen-bond acceptors (Lipinski definition) is 6. The molecule has 0 aliphatic carbocycles. The summed E-state index contributed by atoms with van der Waals surface area (Å²) in [6.07, 6.45) is 1.43. The van der Waals surface area contributed by atoms with Crippen LogP contribution in [0.2, 0.25) is 5.02 Å². The van der Waals surface area contributed by atoms with Gasteiger partial charge in [-0.1, -0.05) is 47.5 Å². The lowest BCUT2D eigenvalue weighted by Gasteiger charge is -2.14. The van der Waals surface area contributed by atoms with Gasteiger partial charge < -0.3 is 0 Å². The summed E-state index contributed by atoms with van der Waals surface area (Å²) in [6.45, 7) is 3.66. The Hall–Kier alpha value is -3.43. The zero-order valence-electron chi connectivity index (χ0n) is 16.7. The van der Waals surface area contributed by atoms with Gasteiger partial charge in [-0.15, -0.1) is 0 Å². The average Bonchev–Trinajstić information content (AvgIpc) is 2.71. The van der Waals surface area contributed by atoms with Crippen LogP contribution in [0.25, 0.3) is 0 Å². The third-order valence-corrected chi connectivity index (χ3v) is 6.14. The number of sulfonamides is 1. The molecule has 2 N–H and O–H groups in total. The molecule has 0 saturated heterocycles. The Bertz CT molecular complexity index is 1280. The van der Waals surface area contributed by atoms with Crippen LogP contribution in [0.15, 0.2) is 70.7 Å². The molecule has 0 aromatic heterocycles. The average molecular weight is 459 g/mol. The first-order valence-corrected chi connectivity index (χ1v) is 11.0. The van der Waals surface area contributed by atoms with Crippen molar-refractivity contribution in [2.75, 3.05) is 10.1 Å². The Morgan fingerprint density at radius 1 is 1.03 bits per heavy atom. The van der Waals surface area contributed by atoms with E-state index < -0.39 is 14.9 Å². The summed E-state index contributed by atoms with van der Waals surface area (Å²) in [7, 11) is -4.16. The Balaban J connectivity index is 1.97. The maximum atomic E-state index is 13.1. The van der Waals surface area contributed by atoms with E-state index in [9.17, 15) is 18.5 Å². The largest absolute Gasteiger partial charge is 0.279 e. The van der Waals surface area contributed by atoms with E-state index in [0.717, 1.165) is 17.2 Å². The molecule has 10 heteroatoms. The van der Waals surface area contributed by atoms with Crippen molar-refractivity contribution in [2.45, 2.75) is 18.7 Å². The number of aryl methyl sites for hydroxylation is 2. The van der Waals surface area contributed by atoms with E-state index in [4.69, 9.17) is 11.6 Å². The Kier molecular flexibility index (Phi) is 6.57. The molecule has 0 saturated carbocycles. The molecule has 0 amide bonds. The van der Waals surface area contributed by atoms with Gasteiger partial charge in [0.15, 0.2) is 0 Å². The van der Waals surface area contributed by atoms with Gasteiger partial charge in [-0.25, -0.2) is 8.42 Å². The molecular weight excluding hydrogens is 440 g/mol. The van der Waals surface area contributed by atoms with Crippen LogP contribution in [0, 0.1) is 24.0 Å². The summed E-state index contributed by atoms with van der Waals surface area (Å²) >= 11 is 6.08. The van der Waals surface area contributed by atoms with Gasteiger partial charge in [0.1, 0.15) is 4.90 Å². The van der Waals surface area contributed by atoms with Gasteiger partial charge in [-0.3, -0.25) is 20.3 Å². The summed E-state index contributed by atoms with van der Waals surface area (Å²) in [5, 5.41) is 15.7. The van der Waals surface area contributed by atoms with Crippen LogP contribution in [0.3, 0.4) is 0 Å². The zero-order valence-corrected chi connectivity index (χ0v) is 18.2. The molecule has 0 fully saturated rings. The molecule has 31 heavy (non-hydrogen) atoms. The van der Waals surface area contributed by atoms with Crippen molar-refractivity contribution in [1.82, 2.24) is 0 Å². The Morgan fingerprint density at radius 2 is 1.74 bits per heavy atom. The second-order valence-electron chi connectivity index (χ2n) is 6.75. The summed E-state index contributed by atoms with van der Waals surface area (Å²) in [5.74, 6) is 0. The number of nitrogens with zero attached hydrogens (tertiary/aromatic N) is 2. The zero-order chi connectivity index (χ0) is 22.6. The molecule has 0 bridgehead atoms. The highest BCUT2D eigenvalue weighted by molar-refractivity contribution is 7.92. The molecule has 0 radical (unpaired) electrons. The SMILES string of the molecule is Cc1ccc(NS(=O)(=O)c2cc([N+](=O)[O-])ccc2NN=Cc2ccccc2Cl)c(C)c1. The monoisotopic (exact) mass is 458 g/mol. The molecule has 0 heterocycles. The van der Waals surface area contributed by atoms with E-state index in [1.54, 1.807) is 43.3 Å². The maximum Gasteiger partial charge on any atom is 0.270 e. The highest BCUT2D eigenvalue weighted by atomic mass is 35.5. The number of benzene rings is 3. The predicted molar refractivity (Wildman–Crippen MR) is 122 cm³/mol. The topological polar surface area (TPSA) is 114 Å². The van der Waals surface area contributed by atoms with E-state index in [2.05, 4.69) is 15.2 Å². The number of rotatable bonds is 7. The molecular formula is C21H19ClN4O4S. The third kappa shape index (κ3) is 5.39. The van der Waals surface area contributed by atoms with E-state index in [0.29, 0.717) is 16.3 Å². The fourth-order valence-corrected chi connectivity index (χ4v) is 4.31. The molecule has 8 nitrogen and oxygen atoms in total. The summed E-state index contributed by atoms with van der Waals surface area (Å²) in [6, 6.07) is 15.7. The predicted octanol–water partition coefficient (Wildman–Crippen LogP) is 5.11. The first-order valence-electron chi connectivity index (χ1n) is 9.09. The van der Waals surface area contributed by atoms with Crippen molar-refractivity contribution in [3.63, 3.8) is 0 Å². The van der Waals surface area contributed by atoms with Gasteiger partial charge in [-0.2, -0.15) is 5.10 Å². The summed E-state index contributed by atoms with van der Waals surface area (Å²) in [4.78, 5) is 10.2. The van der Waals surface area contributed by atoms with E-state index >= 15 is 0 Å². The van der Waals surface area contributed by atoms with Crippen LogP contribution in [0.4, 0.5) is 17.1 Å². The minimum absolute atomic E-state index is 0.0752. The summed E-state index contributed by atoms with van der Waals surface area (Å²) in [5.41, 5.74) is 5.06. The van der Waals surface area contributed by atoms with Gasteiger partial charge in [-0.05, 0) is 37.6 Å². The lowest BCUT2D eigenvalue weighted by molar-refractivity contribution is -0.385. The first kappa shape index (κ1) is 22.3. The molecule has 0 spiro atoms. The van der Waals surface area contributed by atoms with Crippen LogP contribution in [0.5, 0.6) is 0 Å². The summed E-state index contributed by atoms with van der Waals surface area (Å²) < 4.78 is 28.6. The number of hydrogen-bond donors (Lipinski definition) is 2. The van der Waals surface area contributed by atoms with Gasteiger partial charge in [0, 0.05) is 22.7 Å². The van der Waals surface area contributed by atoms with Crippen molar-refractivity contribution in [1.29, 1.82) is 0 Å². The highest BCUT2D eigenvalue weighted by Gasteiger charge is 2.23. The molecule has 3 aromatic carbocycles. The number of nitro benzene ring substituents is 1. The van der Waals surface area contributed by atoms with Crippen molar-refractivity contribution < 1.29 is 13.3 Å². The minimum Gasteiger partial charge on any atom is -0.279 e. The lowest BCUT2D eigenvalue weighted by Crippen LogP contribution is -2.16. The van der Waals surface area contributed by atoms with E-state index in [1.165, 1.54) is 18.3 Å². The molecule has 0 unspecified atom stereocenters. The van der Waals surface area contributed by atoms with Crippen LogP contribution in [-0.2, 0) is 10.0 Å². The fourth-order valence-electron chi connectivity index (χ4n) is 2.82. The van der Waals surface area contributed by atoms with Crippen LogP contribution in [-0.4, -0.2) is 19.6 Å². The number of nitrogens with one attached hydrogen (secondary N) is 2. The fraction of sp³-hybridized carbons (Fsp3) is 0.0952. The van der Waals surface area contributed by atoms with Crippen molar-refractivity contribution in [3.8, 4) is 0 Å². The lowest BCUT2D eigenvalue weighted by atomic mass is 10.1. The minimum atomic E-state index is -4.16. The van der Waals surface area contributed by atoms with Gasteiger partial charge >= 0.3 is 0 Å². The molecule has 3 rings (SSSR count). The highest BCUT2D eigenvalue weighted by Crippen LogP contribution is 2.29. The Morgan fingerprint density at radius 3 is 2.42 bits per heavy atom. The molecule has 0 aliphatic heterocycles. The second-order valence-corrected chi connectivity index (χ2v) is 8.81. The number of hydrazone groups is 1. The molecule has 3 aromatic rings. The number of non-ortho nitro benzene ring substituents is 1. The Labute approximate surface area is 184 Å². The van der Waals surface area contributed by atoms with Crippen molar-refractivity contribution >= 4 is 44.9 Å². The normalized spacial score (nSPS) is 11.5. The molecule has 0 atom stereocenters. The number of anilines is 2. The molecule has 0 aliphatic rings. The van der Waals surface area contributed by atoms with Crippen molar-refractivity contribution in [2.24, 2.45) is 5.10 Å². The quantitative estimate of drug-likeness (QED) is 0.290. The van der Waals surface area contributed by atoms with Gasteiger partial charge in [0.05, 0.1) is 22.5 Å². The second kappa shape index (κ2) is 9.15. The molecule has 160 valence electrons. The van der Waals surface area contributed by atoms with E-state index in [1.807, 2.05) is 13.0 Å². The van der Waals surface area contributed by atoms with Crippen LogP contribution >= 0.6 is 11.6 Å². The van der Waals surface area contributed by atoms with Crippen molar-refractivity contribution in [3.05, 3.63) is 92.5 Å². The van der Waals surface area contributed by atoms with E-state index in [-0.39, 0.29) is 16.3 Å².